The zero-order chi connectivity index (χ0) is 14.7. The van der Waals surface area contributed by atoms with E-state index in [-0.39, 0.29) is 5.69 Å². The predicted octanol–water partition coefficient (Wildman–Crippen LogP) is 2.31. The Balaban J connectivity index is 2.16. The van der Waals surface area contributed by atoms with Crippen molar-refractivity contribution in [2.75, 3.05) is 5.32 Å². The number of aromatic nitrogens is 1. The first-order chi connectivity index (χ1) is 9.49. The lowest BCUT2D eigenvalue weighted by Gasteiger charge is -2.10. The molecule has 1 amide bonds. The second-order valence-electron chi connectivity index (χ2n) is 3.81. The van der Waals surface area contributed by atoms with E-state index >= 15 is 0 Å². The lowest BCUT2D eigenvalue weighted by atomic mass is 10.1. The quantitative estimate of drug-likeness (QED) is 0.763. The van der Waals surface area contributed by atoms with Gasteiger partial charge in [-0.05, 0) is 28.1 Å². The van der Waals surface area contributed by atoms with Crippen molar-refractivity contribution in [2.45, 2.75) is 6.54 Å². The monoisotopic (exact) mass is 355 g/mol. The average molecular weight is 356 g/mol. The zero-order valence-corrected chi connectivity index (χ0v) is 12.5. The summed E-state index contributed by atoms with van der Waals surface area (Å²) < 4.78 is 0.598. The van der Waals surface area contributed by atoms with E-state index in [2.05, 4.69) is 26.2 Å². The van der Waals surface area contributed by atoms with Crippen LogP contribution in [0, 0.1) is 0 Å². The van der Waals surface area contributed by atoms with Crippen LogP contribution in [-0.2, 0) is 6.54 Å². The van der Waals surface area contributed by atoms with Crippen molar-refractivity contribution in [3.63, 3.8) is 0 Å². The summed E-state index contributed by atoms with van der Waals surface area (Å²) in [7, 11) is 0. The van der Waals surface area contributed by atoms with Crippen molar-refractivity contribution in [2.24, 2.45) is 5.73 Å². The Morgan fingerprint density at radius 1 is 1.45 bits per heavy atom. The zero-order valence-electron chi connectivity index (χ0n) is 10.1. The molecule has 2 rings (SSSR count). The molecule has 0 aliphatic rings. The first-order valence-corrected chi connectivity index (χ1v) is 7.16. The minimum absolute atomic E-state index is 0.0103. The molecule has 0 unspecified atom stereocenters. The van der Waals surface area contributed by atoms with E-state index < -0.39 is 11.9 Å². The lowest BCUT2D eigenvalue weighted by molar-refractivity contribution is 0.0691. The highest BCUT2D eigenvalue weighted by Crippen LogP contribution is 2.25. The molecule has 0 spiro atoms. The Labute approximate surface area is 126 Å². The average Bonchev–Trinajstić information content (AvgIpc) is 2.84. The molecule has 1 aromatic carbocycles. The lowest BCUT2D eigenvalue weighted by Crippen LogP contribution is -2.15. The predicted molar refractivity (Wildman–Crippen MR) is 79.1 cm³/mol. The molecule has 4 N–H and O–H groups in total. The van der Waals surface area contributed by atoms with Crippen LogP contribution in [0.3, 0.4) is 0 Å². The topological polar surface area (TPSA) is 105 Å². The summed E-state index contributed by atoms with van der Waals surface area (Å²) in [6.45, 7) is 0.314. The number of nitrogens with two attached hydrogens (primary N) is 1. The number of carbonyl (C=O) groups is 2. The fourth-order valence-electron chi connectivity index (χ4n) is 1.58. The number of hydrogen-bond acceptors (Lipinski definition) is 5. The van der Waals surface area contributed by atoms with Gasteiger partial charge in [0.2, 0.25) is 0 Å². The van der Waals surface area contributed by atoms with Gasteiger partial charge in [0.15, 0.2) is 5.69 Å². The number of carboxylic acid groups (broad SMARTS) is 1. The number of rotatable bonds is 5. The van der Waals surface area contributed by atoms with E-state index in [1.54, 1.807) is 18.2 Å². The molecule has 0 aliphatic heterocycles. The third-order valence-corrected chi connectivity index (χ3v) is 3.97. The molecule has 104 valence electrons. The fraction of sp³-hybridized carbons (Fsp3) is 0.0833. The second-order valence-corrected chi connectivity index (χ2v) is 5.61. The fourth-order valence-corrected chi connectivity index (χ4v) is 2.85. The van der Waals surface area contributed by atoms with Crippen LogP contribution in [0.2, 0.25) is 0 Å². The van der Waals surface area contributed by atoms with Gasteiger partial charge < -0.3 is 16.2 Å². The van der Waals surface area contributed by atoms with Gasteiger partial charge in [-0.15, -0.1) is 11.3 Å². The molecule has 0 saturated heterocycles. The van der Waals surface area contributed by atoms with Gasteiger partial charge >= 0.3 is 5.97 Å². The highest BCUT2D eigenvalue weighted by molar-refractivity contribution is 9.10. The molecular formula is C12H10BrN3O3S. The molecule has 2 aromatic rings. The molecule has 0 fully saturated rings. The number of nitrogens with one attached hydrogen (secondary N) is 1. The Hall–Kier alpha value is -1.93. The Bertz CT molecular complexity index is 672. The molecule has 0 radical (unpaired) electrons. The molecule has 20 heavy (non-hydrogen) atoms. The number of carboxylic acids is 1. The van der Waals surface area contributed by atoms with Crippen LogP contribution < -0.4 is 11.1 Å². The smallest absolute Gasteiger partial charge is 0.355 e. The van der Waals surface area contributed by atoms with Gasteiger partial charge in [0.1, 0.15) is 5.01 Å². The summed E-state index contributed by atoms with van der Waals surface area (Å²) in [5, 5.41) is 13.9. The van der Waals surface area contributed by atoms with Crippen LogP contribution >= 0.6 is 27.3 Å². The third kappa shape index (κ3) is 3.14. The van der Waals surface area contributed by atoms with Crippen molar-refractivity contribution in [1.29, 1.82) is 0 Å². The number of primary amides is 1. The van der Waals surface area contributed by atoms with Crippen LogP contribution in [0.15, 0.2) is 28.1 Å². The van der Waals surface area contributed by atoms with Gasteiger partial charge in [0.25, 0.3) is 5.91 Å². The maximum absolute atomic E-state index is 11.4. The van der Waals surface area contributed by atoms with E-state index in [1.807, 2.05) is 0 Å². The molecule has 0 atom stereocenters. The molecular weight excluding hydrogens is 346 g/mol. The highest BCUT2D eigenvalue weighted by atomic mass is 79.9. The number of benzene rings is 1. The number of halogens is 1. The molecule has 0 aliphatic carbocycles. The van der Waals surface area contributed by atoms with Crippen LogP contribution in [0.1, 0.15) is 25.9 Å². The highest BCUT2D eigenvalue weighted by Gasteiger charge is 2.13. The first kappa shape index (κ1) is 14.5. The number of thiazole rings is 1. The minimum atomic E-state index is -1.06. The SMILES string of the molecule is NC(=O)c1c(Br)cccc1NCc1nc(C(=O)O)cs1. The van der Waals surface area contributed by atoms with Crippen molar-refractivity contribution >= 4 is 44.8 Å². The number of amides is 1. The summed E-state index contributed by atoms with van der Waals surface area (Å²) in [4.78, 5) is 26.1. The van der Waals surface area contributed by atoms with Crippen LogP contribution in [0.4, 0.5) is 5.69 Å². The number of carbonyl (C=O) groups excluding carboxylic acids is 1. The maximum Gasteiger partial charge on any atom is 0.355 e. The summed E-state index contributed by atoms with van der Waals surface area (Å²) >= 11 is 4.50. The molecule has 0 saturated carbocycles. The van der Waals surface area contributed by atoms with Crippen molar-refractivity contribution in [3.05, 3.63) is 44.3 Å². The summed E-state index contributed by atoms with van der Waals surface area (Å²) in [6, 6.07) is 5.21. The molecule has 1 aromatic heterocycles. The minimum Gasteiger partial charge on any atom is -0.476 e. The van der Waals surface area contributed by atoms with Gasteiger partial charge in [-0.3, -0.25) is 4.79 Å². The Morgan fingerprint density at radius 3 is 2.80 bits per heavy atom. The number of hydrogen-bond donors (Lipinski definition) is 3. The van der Waals surface area contributed by atoms with Crippen LogP contribution in [-0.4, -0.2) is 22.0 Å². The van der Waals surface area contributed by atoms with Crippen LogP contribution in [0.5, 0.6) is 0 Å². The van der Waals surface area contributed by atoms with Gasteiger partial charge in [-0.1, -0.05) is 6.07 Å². The van der Waals surface area contributed by atoms with E-state index in [0.717, 1.165) is 0 Å². The first-order valence-electron chi connectivity index (χ1n) is 5.49. The van der Waals surface area contributed by atoms with E-state index in [1.165, 1.54) is 16.7 Å². The van der Waals surface area contributed by atoms with Crippen molar-refractivity contribution in [3.8, 4) is 0 Å². The van der Waals surface area contributed by atoms with E-state index in [0.29, 0.717) is 27.3 Å². The van der Waals surface area contributed by atoms with Crippen LogP contribution in [0.25, 0.3) is 0 Å². The normalized spacial score (nSPS) is 10.2. The second kappa shape index (κ2) is 6.02. The van der Waals surface area contributed by atoms with E-state index in [4.69, 9.17) is 10.8 Å². The third-order valence-electron chi connectivity index (χ3n) is 2.46. The van der Waals surface area contributed by atoms with E-state index in [9.17, 15) is 9.59 Å². The van der Waals surface area contributed by atoms with Gasteiger partial charge in [-0.2, -0.15) is 0 Å². The molecule has 6 nitrogen and oxygen atoms in total. The molecule has 1 heterocycles. The number of nitrogens with zero attached hydrogens (tertiary/aromatic N) is 1. The Kier molecular flexibility index (Phi) is 4.35. The van der Waals surface area contributed by atoms with Crippen molar-refractivity contribution in [1.82, 2.24) is 4.98 Å². The van der Waals surface area contributed by atoms with Crippen molar-refractivity contribution < 1.29 is 14.7 Å². The molecule has 0 bridgehead atoms. The number of aromatic carboxylic acids is 1. The largest absolute Gasteiger partial charge is 0.476 e. The standard InChI is InChI=1S/C12H10BrN3O3S/c13-6-2-1-3-7(10(6)11(14)17)15-4-9-16-8(5-20-9)12(18)19/h1-3,5,15H,4H2,(H2,14,17)(H,18,19). The number of anilines is 1. The van der Waals surface area contributed by atoms with Gasteiger partial charge in [0.05, 0.1) is 12.1 Å². The summed E-state index contributed by atoms with van der Waals surface area (Å²) in [5.41, 5.74) is 6.26. The molecule has 8 heteroatoms. The summed E-state index contributed by atoms with van der Waals surface area (Å²) in [5.74, 6) is -1.61. The van der Waals surface area contributed by atoms with Gasteiger partial charge in [0, 0.05) is 15.5 Å². The Morgan fingerprint density at radius 2 is 2.20 bits per heavy atom. The van der Waals surface area contributed by atoms with Gasteiger partial charge in [-0.25, -0.2) is 9.78 Å². The summed E-state index contributed by atoms with van der Waals surface area (Å²) in [6.07, 6.45) is 0. The maximum atomic E-state index is 11.4.